The van der Waals surface area contributed by atoms with Crippen molar-refractivity contribution in [1.82, 2.24) is 24.4 Å². The van der Waals surface area contributed by atoms with Crippen molar-refractivity contribution >= 4 is 38.9 Å². The summed E-state index contributed by atoms with van der Waals surface area (Å²) in [5.74, 6) is 0.736. The van der Waals surface area contributed by atoms with Gasteiger partial charge in [-0.05, 0) is 18.9 Å². The molecule has 1 aliphatic heterocycles. The quantitative estimate of drug-likeness (QED) is 0.561. The molecule has 27 heavy (non-hydrogen) atoms. The van der Waals surface area contributed by atoms with Crippen LogP contribution in [0.15, 0.2) is 23.3 Å². The largest absolute Gasteiger partial charge is 0.346 e. The molecule has 2 aliphatic rings. The van der Waals surface area contributed by atoms with Gasteiger partial charge < -0.3 is 9.88 Å². The van der Waals surface area contributed by atoms with Crippen LogP contribution in [-0.4, -0.2) is 43.5 Å². The number of aromatic nitrogens is 4. The van der Waals surface area contributed by atoms with E-state index in [1.807, 2.05) is 6.07 Å². The molecule has 1 saturated heterocycles. The number of likely N-dealkylation sites (tertiary alicyclic amines) is 1. The molecule has 1 saturated carbocycles. The molecule has 132 valence electrons. The number of nitriles is 1. The number of fused-ring (bicyclic) bond motifs is 2. The Labute approximate surface area is 152 Å². The van der Waals surface area contributed by atoms with E-state index in [1.165, 1.54) is 4.57 Å². The van der Waals surface area contributed by atoms with Crippen LogP contribution in [0.1, 0.15) is 24.6 Å². The lowest BCUT2D eigenvalue weighted by Gasteiger charge is -2.35. The second-order valence-corrected chi connectivity index (χ2v) is 7.41. The Balaban J connectivity index is 1.68. The smallest absolute Gasteiger partial charge is 0.330 e. The van der Waals surface area contributed by atoms with E-state index in [0.717, 1.165) is 23.6 Å². The molecule has 3 aromatic heterocycles. The molecule has 1 aliphatic carbocycles. The summed E-state index contributed by atoms with van der Waals surface area (Å²) < 4.78 is 1.50. The summed E-state index contributed by atoms with van der Waals surface area (Å²) in [7, 11) is 0. The zero-order valence-electron chi connectivity index (χ0n) is 14.3. The zero-order chi connectivity index (χ0) is 18.3. The molecule has 1 N–H and O–H groups in total. The maximum absolute atomic E-state index is 13.2. The van der Waals surface area contributed by atoms with E-state index >= 15 is 0 Å². The van der Waals surface area contributed by atoms with Crippen LogP contribution in [0.4, 0.5) is 4.79 Å². The van der Waals surface area contributed by atoms with Gasteiger partial charge in [-0.25, -0.2) is 19.3 Å². The van der Waals surface area contributed by atoms with Crippen molar-refractivity contribution < 1.29 is 4.79 Å². The van der Waals surface area contributed by atoms with Gasteiger partial charge in [0, 0.05) is 42.2 Å². The van der Waals surface area contributed by atoms with Crippen LogP contribution in [0.25, 0.3) is 32.8 Å². The lowest BCUT2D eigenvalue weighted by atomic mass is 10.0. The average molecular weight is 358 g/mol. The number of pyridine rings is 1. The topological polar surface area (TPSA) is 108 Å². The number of aromatic amines is 1. The monoisotopic (exact) mass is 358 g/mol. The number of imidazole rings is 1. The molecule has 0 atom stereocenters. The Morgan fingerprint density at radius 1 is 1.30 bits per heavy atom. The van der Waals surface area contributed by atoms with Gasteiger partial charge in [0.1, 0.15) is 22.5 Å². The lowest BCUT2D eigenvalue weighted by Crippen LogP contribution is -2.51. The van der Waals surface area contributed by atoms with Crippen LogP contribution in [0, 0.1) is 17.2 Å². The Kier molecular flexibility index (Phi) is 2.62. The summed E-state index contributed by atoms with van der Waals surface area (Å²) in [5, 5.41) is 11.1. The van der Waals surface area contributed by atoms with Crippen molar-refractivity contribution in [2.24, 2.45) is 5.92 Å². The second-order valence-electron chi connectivity index (χ2n) is 7.41. The van der Waals surface area contributed by atoms with Gasteiger partial charge in [-0.1, -0.05) is 0 Å². The Bertz CT molecular complexity index is 1350. The number of amides is 1. The number of nitrogens with zero attached hydrogens (tertiary/aromatic N) is 5. The molecule has 0 radical (unpaired) electrons. The van der Waals surface area contributed by atoms with E-state index in [0.29, 0.717) is 41.0 Å². The third-order valence-corrected chi connectivity index (χ3v) is 5.65. The fourth-order valence-corrected chi connectivity index (χ4v) is 4.05. The first kappa shape index (κ1) is 14.7. The predicted octanol–water partition coefficient (Wildman–Crippen LogP) is 2.16. The summed E-state index contributed by atoms with van der Waals surface area (Å²) in [5.41, 5.74) is 1.32. The number of nitrogens with one attached hydrogen (secondary N) is 1. The molecule has 1 amide bonds. The predicted molar refractivity (Wildman–Crippen MR) is 97.8 cm³/mol. The second kappa shape index (κ2) is 4.82. The molecule has 6 rings (SSSR count). The molecular weight excluding hydrogens is 344 g/mol. The Hall–Kier alpha value is -3.47. The van der Waals surface area contributed by atoms with Gasteiger partial charge in [-0.15, -0.1) is 0 Å². The van der Waals surface area contributed by atoms with Gasteiger partial charge in [0.05, 0.1) is 17.4 Å². The highest BCUT2D eigenvalue weighted by atomic mass is 16.2. The van der Waals surface area contributed by atoms with Crippen molar-refractivity contribution in [1.29, 1.82) is 5.26 Å². The van der Waals surface area contributed by atoms with Gasteiger partial charge >= 0.3 is 6.03 Å². The summed E-state index contributed by atoms with van der Waals surface area (Å²) in [6.45, 7) is 0.794. The van der Waals surface area contributed by atoms with Gasteiger partial charge in [-0.2, -0.15) is 5.26 Å². The number of carbonyl (C=O) groups is 1. The van der Waals surface area contributed by atoms with Crippen molar-refractivity contribution in [3.8, 4) is 6.07 Å². The van der Waals surface area contributed by atoms with Crippen LogP contribution in [0.2, 0.25) is 0 Å². The standard InChI is InChI=1S/C19H14N6O2/c20-5-9-7-24(8-9)19(27)25-15-14(23-18(25)10-1-2-10)11-3-4-21-17-13(11)12(6-22-17)16(15)26/h3-4,6,9-10H,1-2,7-8H2,(H,21,22). The highest BCUT2D eigenvalue weighted by Crippen LogP contribution is 2.42. The molecule has 1 aromatic carbocycles. The van der Waals surface area contributed by atoms with E-state index < -0.39 is 0 Å². The van der Waals surface area contributed by atoms with Crippen molar-refractivity contribution in [2.75, 3.05) is 13.1 Å². The lowest BCUT2D eigenvalue weighted by molar-refractivity contribution is 0.145. The van der Waals surface area contributed by atoms with E-state index in [4.69, 9.17) is 10.2 Å². The zero-order valence-corrected chi connectivity index (χ0v) is 14.3. The van der Waals surface area contributed by atoms with Gasteiger partial charge in [-0.3, -0.25) is 4.79 Å². The normalized spacial score (nSPS) is 17.7. The maximum atomic E-state index is 13.2. The summed E-state index contributed by atoms with van der Waals surface area (Å²) in [6.07, 6.45) is 5.27. The minimum absolute atomic E-state index is 0.136. The third kappa shape index (κ3) is 1.81. The van der Waals surface area contributed by atoms with Crippen LogP contribution in [0.3, 0.4) is 0 Å². The molecular formula is C19H14N6O2. The number of benzene rings is 1. The van der Waals surface area contributed by atoms with E-state index in [1.54, 1.807) is 17.3 Å². The van der Waals surface area contributed by atoms with Crippen molar-refractivity contribution in [3.05, 3.63) is 34.5 Å². The number of hydrogen-bond acceptors (Lipinski definition) is 5. The molecule has 8 heteroatoms. The Morgan fingerprint density at radius 3 is 2.85 bits per heavy atom. The molecule has 8 nitrogen and oxygen atoms in total. The molecule has 4 heterocycles. The van der Waals surface area contributed by atoms with Crippen molar-refractivity contribution in [3.63, 3.8) is 0 Å². The van der Waals surface area contributed by atoms with Gasteiger partial charge in [0.2, 0.25) is 5.43 Å². The van der Waals surface area contributed by atoms with Gasteiger partial charge in [0.25, 0.3) is 0 Å². The fourth-order valence-electron chi connectivity index (χ4n) is 4.05. The highest BCUT2D eigenvalue weighted by Gasteiger charge is 2.38. The molecule has 0 unspecified atom stereocenters. The SMILES string of the molecule is N#CC1CN(C(=O)n2c(C3CC3)nc3c4cc[nH]c5ncc(c(=O)c32)c54)C1. The maximum Gasteiger partial charge on any atom is 0.330 e. The molecule has 0 bridgehead atoms. The summed E-state index contributed by atoms with van der Waals surface area (Å²) in [4.78, 5) is 40.1. The minimum Gasteiger partial charge on any atom is -0.346 e. The molecule has 0 spiro atoms. The number of H-pyrrole nitrogens is 1. The fraction of sp³-hybridized carbons (Fsp3) is 0.316. The summed E-state index contributed by atoms with van der Waals surface area (Å²) >= 11 is 0. The van der Waals surface area contributed by atoms with Crippen LogP contribution >= 0.6 is 0 Å². The van der Waals surface area contributed by atoms with Crippen LogP contribution in [-0.2, 0) is 0 Å². The first-order valence-corrected chi connectivity index (χ1v) is 9.00. The highest BCUT2D eigenvalue weighted by molar-refractivity contribution is 6.19. The number of hydrogen-bond donors (Lipinski definition) is 1. The first-order valence-electron chi connectivity index (χ1n) is 9.00. The van der Waals surface area contributed by atoms with E-state index in [9.17, 15) is 9.59 Å². The van der Waals surface area contributed by atoms with Crippen molar-refractivity contribution in [2.45, 2.75) is 18.8 Å². The number of rotatable bonds is 1. The Morgan fingerprint density at radius 2 is 2.11 bits per heavy atom. The average Bonchev–Trinajstić information content (AvgIpc) is 3.25. The third-order valence-electron chi connectivity index (χ3n) is 5.65. The molecule has 2 fully saturated rings. The number of carbonyl (C=O) groups excluding carboxylic acids is 1. The van der Waals surface area contributed by atoms with Crippen LogP contribution < -0.4 is 5.43 Å². The van der Waals surface area contributed by atoms with E-state index in [2.05, 4.69) is 16.0 Å². The van der Waals surface area contributed by atoms with E-state index in [-0.39, 0.29) is 23.3 Å². The van der Waals surface area contributed by atoms with Gasteiger partial charge in [0.15, 0.2) is 0 Å². The molecule has 4 aromatic rings. The summed E-state index contributed by atoms with van der Waals surface area (Å²) in [6, 6.07) is 3.80. The first-order chi connectivity index (χ1) is 13.2. The minimum atomic E-state index is -0.257. The van der Waals surface area contributed by atoms with Crippen LogP contribution in [0.5, 0.6) is 0 Å².